The fraction of sp³-hybridized carbons (Fsp3) is 0.200. The number of rotatable bonds is 5. The molecule has 0 spiro atoms. The maximum atomic E-state index is 12.9. The molecule has 5 aromatic rings. The highest BCUT2D eigenvalue weighted by atomic mass is 32.1. The standard InChI is InChI=1S/C25H21N3O2S3/c1-30-16-6-4-15(5-7-16)21-13-18-24(33-21)25(29)27-22(26-18)14-28-10-8-19-17(9-12-32-19)23(28)20-3-2-11-31-20/h2-7,9,11-13,23H,8,10,14H2,1H3,(H,26,27,29). The van der Waals surface area contributed by atoms with Gasteiger partial charge in [-0.15, -0.1) is 34.0 Å². The van der Waals surface area contributed by atoms with Gasteiger partial charge in [-0.1, -0.05) is 6.07 Å². The minimum absolute atomic E-state index is 0.0688. The van der Waals surface area contributed by atoms with E-state index in [1.165, 1.54) is 26.7 Å². The molecule has 0 saturated carbocycles. The third kappa shape index (κ3) is 3.83. The minimum Gasteiger partial charge on any atom is -0.497 e. The summed E-state index contributed by atoms with van der Waals surface area (Å²) in [4.78, 5) is 27.1. The van der Waals surface area contributed by atoms with Crippen LogP contribution in [0.5, 0.6) is 5.75 Å². The normalized spacial score (nSPS) is 16.2. The molecule has 8 heteroatoms. The average Bonchev–Trinajstić information content (AvgIpc) is 3.59. The number of aromatic amines is 1. The van der Waals surface area contributed by atoms with E-state index in [1.807, 2.05) is 41.7 Å². The lowest BCUT2D eigenvalue weighted by Crippen LogP contribution is -2.35. The summed E-state index contributed by atoms with van der Waals surface area (Å²) in [6.07, 6.45) is 1.03. The zero-order valence-electron chi connectivity index (χ0n) is 17.9. The molecule has 4 aromatic heterocycles. The molecule has 6 rings (SSSR count). The van der Waals surface area contributed by atoms with Gasteiger partial charge >= 0.3 is 0 Å². The second-order valence-corrected chi connectivity index (χ2v) is 11.0. The van der Waals surface area contributed by atoms with Gasteiger partial charge < -0.3 is 9.72 Å². The van der Waals surface area contributed by atoms with Crippen molar-refractivity contribution in [3.8, 4) is 16.2 Å². The molecule has 1 aromatic carbocycles. The third-order valence-electron chi connectivity index (χ3n) is 6.04. The minimum atomic E-state index is -0.0688. The summed E-state index contributed by atoms with van der Waals surface area (Å²) in [5, 5.41) is 4.32. The highest BCUT2D eigenvalue weighted by Crippen LogP contribution is 2.40. The van der Waals surface area contributed by atoms with Crippen molar-refractivity contribution >= 4 is 44.2 Å². The van der Waals surface area contributed by atoms with E-state index in [0.29, 0.717) is 17.1 Å². The van der Waals surface area contributed by atoms with Crippen molar-refractivity contribution in [2.45, 2.75) is 19.0 Å². The van der Waals surface area contributed by atoms with E-state index in [4.69, 9.17) is 9.72 Å². The molecular formula is C25H21N3O2S3. The highest BCUT2D eigenvalue weighted by molar-refractivity contribution is 7.22. The number of aromatic nitrogens is 2. The number of ether oxygens (including phenoxy) is 1. The zero-order valence-corrected chi connectivity index (χ0v) is 20.4. The lowest BCUT2D eigenvalue weighted by molar-refractivity contribution is 0.204. The van der Waals surface area contributed by atoms with E-state index in [-0.39, 0.29) is 11.6 Å². The number of methoxy groups -OCH3 is 1. The Kier molecular flexibility index (Phi) is 5.38. The molecule has 0 fully saturated rings. The van der Waals surface area contributed by atoms with Gasteiger partial charge in [0, 0.05) is 21.2 Å². The first kappa shape index (κ1) is 20.8. The topological polar surface area (TPSA) is 58.2 Å². The molecule has 33 heavy (non-hydrogen) atoms. The lowest BCUT2D eigenvalue weighted by atomic mass is 9.98. The monoisotopic (exact) mass is 491 g/mol. The SMILES string of the molecule is COc1ccc(-c2cc3nc(CN4CCc5sccc5C4c4cccs4)[nH]c(=O)c3s2)cc1. The smallest absolute Gasteiger partial charge is 0.268 e. The maximum Gasteiger partial charge on any atom is 0.268 e. The average molecular weight is 492 g/mol. The Bertz CT molecular complexity index is 1470. The highest BCUT2D eigenvalue weighted by Gasteiger charge is 2.30. The Morgan fingerprint density at radius 2 is 2.03 bits per heavy atom. The van der Waals surface area contributed by atoms with E-state index in [1.54, 1.807) is 18.4 Å². The first-order chi connectivity index (χ1) is 16.2. The summed E-state index contributed by atoms with van der Waals surface area (Å²) in [6, 6.07) is 16.7. The molecule has 0 saturated heterocycles. The quantitative estimate of drug-likeness (QED) is 0.331. The van der Waals surface area contributed by atoms with E-state index in [9.17, 15) is 4.79 Å². The van der Waals surface area contributed by atoms with Crippen molar-refractivity contribution < 1.29 is 4.74 Å². The largest absolute Gasteiger partial charge is 0.497 e. The molecule has 1 unspecified atom stereocenters. The van der Waals surface area contributed by atoms with Gasteiger partial charge in [0.1, 0.15) is 16.3 Å². The molecule has 1 aliphatic rings. The number of fused-ring (bicyclic) bond motifs is 2. The maximum absolute atomic E-state index is 12.9. The van der Waals surface area contributed by atoms with Crippen LogP contribution in [0.2, 0.25) is 0 Å². The molecule has 0 amide bonds. The number of hydrogen-bond acceptors (Lipinski definition) is 7. The molecule has 1 atom stereocenters. The molecule has 5 nitrogen and oxygen atoms in total. The summed E-state index contributed by atoms with van der Waals surface area (Å²) in [5.74, 6) is 1.53. The molecule has 1 aliphatic heterocycles. The van der Waals surface area contributed by atoms with E-state index >= 15 is 0 Å². The first-order valence-corrected chi connectivity index (χ1v) is 13.3. The summed E-state index contributed by atoms with van der Waals surface area (Å²) < 4.78 is 5.92. The van der Waals surface area contributed by atoms with Crippen molar-refractivity contribution in [2.75, 3.05) is 13.7 Å². The number of nitrogens with zero attached hydrogens (tertiary/aromatic N) is 2. The van der Waals surface area contributed by atoms with Gasteiger partial charge in [-0.3, -0.25) is 9.69 Å². The number of thiophene rings is 3. The van der Waals surface area contributed by atoms with Gasteiger partial charge in [0.2, 0.25) is 0 Å². The van der Waals surface area contributed by atoms with Gasteiger partial charge in [0.15, 0.2) is 0 Å². The van der Waals surface area contributed by atoms with Crippen LogP contribution in [0.15, 0.2) is 64.1 Å². The van der Waals surface area contributed by atoms with Crippen LogP contribution in [0.4, 0.5) is 0 Å². The molecule has 5 heterocycles. The molecular weight excluding hydrogens is 470 g/mol. The number of hydrogen-bond donors (Lipinski definition) is 1. The number of H-pyrrole nitrogens is 1. The van der Waals surface area contributed by atoms with Crippen LogP contribution in [-0.4, -0.2) is 28.5 Å². The molecule has 0 aliphatic carbocycles. The van der Waals surface area contributed by atoms with Gasteiger partial charge in [-0.05, 0) is 70.8 Å². The fourth-order valence-corrected chi connectivity index (χ4v) is 7.25. The Morgan fingerprint density at radius 3 is 2.82 bits per heavy atom. The first-order valence-electron chi connectivity index (χ1n) is 10.7. The van der Waals surface area contributed by atoms with Crippen LogP contribution in [0.25, 0.3) is 20.7 Å². The van der Waals surface area contributed by atoms with Crippen LogP contribution in [0.3, 0.4) is 0 Å². The van der Waals surface area contributed by atoms with Crippen LogP contribution >= 0.6 is 34.0 Å². The molecule has 1 N–H and O–H groups in total. The molecule has 0 bridgehead atoms. The van der Waals surface area contributed by atoms with Crippen molar-refractivity contribution in [2.24, 2.45) is 0 Å². The van der Waals surface area contributed by atoms with Crippen LogP contribution < -0.4 is 10.3 Å². The van der Waals surface area contributed by atoms with E-state index < -0.39 is 0 Å². The van der Waals surface area contributed by atoms with E-state index in [2.05, 4.69) is 38.8 Å². The van der Waals surface area contributed by atoms with Crippen molar-refractivity contribution in [1.29, 1.82) is 0 Å². The lowest BCUT2D eigenvalue weighted by Gasteiger charge is -2.35. The molecule has 0 radical (unpaired) electrons. The van der Waals surface area contributed by atoms with Gasteiger partial charge in [0.05, 0.1) is 25.2 Å². The fourth-order valence-electron chi connectivity index (χ4n) is 4.47. The Balaban J connectivity index is 1.34. The van der Waals surface area contributed by atoms with Crippen molar-refractivity contribution in [3.05, 3.63) is 90.8 Å². The zero-order chi connectivity index (χ0) is 22.4. The van der Waals surface area contributed by atoms with Gasteiger partial charge in [-0.2, -0.15) is 0 Å². The summed E-state index contributed by atoms with van der Waals surface area (Å²) >= 11 is 5.10. The Morgan fingerprint density at radius 1 is 1.15 bits per heavy atom. The Labute approximate surface area is 202 Å². The summed E-state index contributed by atoms with van der Waals surface area (Å²) in [7, 11) is 1.66. The summed E-state index contributed by atoms with van der Waals surface area (Å²) in [5.41, 5.74) is 3.12. The number of nitrogens with one attached hydrogen (secondary N) is 1. The van der Waals surface area contributed by atoms with Crippen LogP contribution in [0, 0.1) is 0 Å². The van der Waals surface area contributed by atoms with Gasteiger partial charge in [0.25, 0.3) is 5.56 Å². The van der Waals surface area contributed by atoms with Crippen molar-refractivity contribution in [3.63, 3.8) is 0 Å². The molecule has 166 valence electrons. The van der Waals surface area contributed by atoms with Gasteiger partial charge in [-0.25, -0.2) is 4.98 Å². The van der Waals surface area contributed by atoms with Crippen LogP contribution in [0.1, 0.15) is 27.2 Å². The predicted molar refractivity (Wildman–Crippen MR) is 137 cm³/mol. The second-order valence-electron chi connectivity index (χ2n) is 8.00. The van der Waals surface area contributed by atoms with Crippen molar-refractivity contribution in [1.82, 2.24) is 14.9 Å². The van der Waals surface area contributed by atoms with E-state index in [0.717, 1.165) is 34.7 Å². The summed E-state index contributed by atoms with van der Waals surface area (Å²) in [6.45, 7) is 1.55. The number of benzene rings is 1. The predicted octanol–water partition coefficient (Wildman–Crippen LogP) is 5.93. The van der Waals surface area contributed by atoms with Crippen LogP contribution in [-0.2, 0) is 13.0 Å². The third-order valence-corrected chi connectivity index (χ3v) is 9.13. The second kappa shape index (κ2) is 8.53. The Hall–Kier alpha value is -2.78.